The smallest absolute Gasteiger partial charge is 0.122 e. The van der Waals surface area contributed by atoms with Gasteiger partial charge in [-0.05, 0) is 58.2 Å². The highest BCUT2D eigenvalue weighted by molar-refractivity contribution is 5.80. The van der Waals surface area contributed by atoms with Crippen LogP contribution in [-0.4, -0.2) is 18.3 Å². The predicted molar refractivity (Wildman–Crippen MR) is 118 cm³/mol. The number of fused-ring (bicyclic) bond motifs is 3. The van der Waals surface area contributed by atoms with Gasteiger partial charge in [-0.15, -0.1) is 0 Å². The number of benzene rings is 3. The Hall–Kier alpha value is -2.58. The minimum absolute atomic E-state index is 0.0508. The van der Waals surface area contributed by atoms with E-state index in [1.807, 2.05) is 0 Å². The van der Waals surface area contributed by atoms with Crippen molar-refractivity contribution in [1.29, 1.82) is 0 Å². The van der Waals surface area contributed by atoms with Gasteiger partial charge in [0, 0.05) is 5.92 Å². The molecule has 0 amide bonds. The molecule has 0 aliphatic heterocycles. The first-order valence-corrected chi connectivity index (χ1v) is 10.9. The van der Waals surface area contributed by atoms with Crippen LogP contribution in [0.1, 0.15) is 66.2 Å². The molecule has 1 fully saturated rings. The summed E-state index contributed by atoms with van der Waals surface area (Å²) < 4.78 is 5.95. The Kier molecular flexibility index (Phi) is 5.12. The molecule has 2 nitrogen and oxygen atoms in total. The van der Waals surface area contributed by atoms with Gasteiger partial charge in [-0.2, -0.15) is 0 Å². The van der Waals surface area contributed by atoms with Gasteiger partial charge in [-0.1, -0.05) is 79.9 Å². The van der Waals surface area contributed by atoms with E-state index in [1.165, 1.54) is 65.5 Å². The molecule has 148 valence electrons. The standard InChI is InChI=1S/C27H28O2/c28-16-17-29-26-15-14-20(18-25(26)19-8-2-1-3-9-19)27-23-12-6-4-10-21(23)22-11-5-7-13-24(22)27/h4-7,10-15,18-19,27-28H,1-3,8-9,16-17H2. The van der Waals surface area contributed by atoms with Crippen molar-refractivity contribution in [3.8, 4) is 16.9 Å². The third kappa shape index (κ3) is 3.36. The number of hydrogen-bond acceptors (Lipinski definition) is 2. The summed E-state index contributed by atoms with van der Waals surface area (Å²) in [5.41, 5.74) is 8.18. The molecule has 5 rings (SSSR count). The summed E-state index contributed by atoms with van der Waals surface area (Å²) >= 11 is 0. The highest BCUT2D eigenvalue weighted by Gasteiger charge is 2.30. The highest BCUT2D eigenvalue weighted by atomic mass is 16.5. The average Bonchev–Trinajstić information content (AvgIpc) is 3.13. The fraction of sp³-hybridized carbons (Fsp3) is 0.333. The van der Waals surface area contributed by atoms with Gasteiger partial charge >= 0.3 is 0 Å². The van der Waals surface area contributed by atoms with Crippen LogP contribution in [0.4, 0.5) is 0 Å². The summed E-state index contributed by atoms with van der Waals surface area (Å²) in [6, 6.07) is 24.4. The van der Waals surface area contributed by atoms with Gasteiger partial charge in [-0.3, -0.25) is 0 Å². The van der Waals surface area contributed by atoms with Crippen LogP contribution in [0.15, 0.2) is 66.7 Å². The number of aliphatic hydroxyl groups excluding tert-OH is 1. The predicted octanol–water partition coefficient (Wildman–Crippen LogP) is 6.27. The van der Waals surface area contributed by atoms with E-state index in [-0.39, 0.29) is 12.5 Å². The summed E-state index contributed by atoms with van der Waals surface area (Å²) in [7, 11) is 0. The molecule has 0 aromatic heterocycles. The Morgan fingerprint density at radius 1 is 0.759 bits per heavy atom. The molecular weight excluding hydrogens is 356 g/mol. The largest absolute Gasteiger partial charge is 0.491 e. The Morgan fingerprint density at radius 2 is 1.41 bits per heavy atom. The summed E-state index contributed by atoms with van der Waals surface area (Å²) in [5, 5.41) is 9.25. The van der Waals surface area contributed by atoms with E-state index in [2.05, 4.69) is 66.7 Å². The van der Waals surface area contributed by atoms with Gasteiger partial charge in [0.25, 0.3) is 0 Å². The zero-order valence-corrected chi connectivity index (χ0v) is 16.8. The topological polar surface area (TPSA) is 29.5 Å². The summed E-state index contributed by atoms with van der Waals surface area (Å²) in [4.78, 5) is 0. The SMILES string of the molecule is OCCOc1ccc(C2c3ccccc3-c3ccccc32)cc1C1CCCCC1. The molecule has 2 aliphatic carbocycles. The van der Waals surface area contributed by atoms with Crippen molar-refractivity contribution in [1.82, 2.24) is 0 Å². The average molecular weight is 385 g/mol. The maximum atomic E-state index is 9.25. The Balaban J connectivity index is 1.61. The van der Waals surface area contributed by atoms with E-state index in [9.17, 15) is 5.11 Å². The minimum Gasteiger partial charge on any atom is -0.491 e. The van der Waals surface area contributed by atoms with Gasteiger partial charge in [0.1, 0.15) is 12.4 Å². The molecule has 0 unspecified atom stereocenters. The normalized spacial score (nSPS) is 16.4. The van der Waals surface area contributed by atoms with Crippen LogP contribution in [0.5, 0.6) is 5.75 Å². The first-order chi connectivity index (χ1) is 14.4. The van der Waals surface area contributed by atoms with Crippen LogP contribution < -0.4 is 4.74 Å². The summed E-state index contributed by atoms with van der Waals surface area (Å²) in [6.07, 6.45) is 6.40. The van der Waals surface area contributed by atoms with E-state index in [4.69, 9.17) is 4.74 Å². The lowest BCUT2D eigenvalue weighted by Crippen LogP contribution is -2.10. The second kappa shape index (κ2) is 8.04. The Morgan fingerprint density at radius 3 is 2.07 bits per heavy atom. The molecule has 2 aliphatic rings. The number of aliphatic hydroxyl groups is 1. The first kappa shape index (κ1) is 18.4. The molecule has 3 aromatic carbocycles. The molecule has 0 saturated heterocycles. The monoisotopic (exact) mass is 384 g/mol. The zero-order valence-electron chi connectivity index (χ0n) is 16.8. The zero-order chi connectivity index (χ0) is 19.6. The molecule has 29 heavy (non-hydrogen) atoms. The summed E-state index contributed by atoms with van der Waals surface area (Å²) in [6.45, 7) is 0.406. The molecule has 0 atom stereocenters. The molecular formula is C27H28O2. The van der Waals surface area contributed by atoms with Crippen molar-refractivity contribution < 1.29 is 9.84 Å². The second-order valence-electron chi connectivity index (χ2n) is 8.31. The van der Waals surface area contributed by atoms with E-state index in [1.54, 1.807) is 0 Å². The second-order valence-corrected chi connectivity index (χ2v) is 8.31. The van der Waals surface area contributed by atoms with Gasteiger partial charge < -0.3 is 9.84 Å². The maximum Gasteiger partial charge on any atom is 0.122 e. The van der Waals surface area contributed by atoms with Gasteiger partial charge in [0.2, 0.25) is 0 Å². The van der Waals surface area contributed by atoms with Crippen LogP contribution >= 0.6 is 0 Å². The van der Waals surface area contributed by atoms with Crippen molar-refractivity contribution in [2.45, 2.75) is 43.9 Å². The van der Waals surface area contributed by atoms with Gasteiger partial charge in [0.15, 0.2) is 0 Å². The van der Waals surface area contributed by atoms with Crippen LogP contribution in [0.2, 0.25) is 0 Å². The van der Waals surface area contributed by atoms with Crippen LogP contribution in [0, 0.1) is 0 Å². The Bertz CT molecular complexity index is 955. The molecule has 3 aromatic rings. The van der Waals surface area contributed by atoms with Crippen molar-refractivity contribution in [2.24, 2.45) is 0 Å². The van der Waals surface area contributed by atoms with Gasteiger partial charge in [0.05, 0.1) is 6.61 Å². The van der Waals surface area contributed by atoms with Crippen LogP contribution in [0.3, 0.4) is 0 Å². The lowest BCUT2D eigenvalue weighted by Gasteiger charge is -2.26. The fourth-order valence-corrected chi connectivity index (χ4v) is 5.28. The maximum absolute atomic E-state index is 9.25. The third-order valence-corrected chi connectivity index (χ3v) is 6.59. The van der Waals surface area contributed by atoms with Crippen LogP contribution in [-0.2, 0) is 0 Å². The first-order valence-electron chi connectivity index (χ1n) is 10.9. The molecule has 0 heterocycles. The van der Waals surface area contributed by atoms with E-state index in [0.717, 1.165) is 5.75 Å². The van der Waals surface area contributed by atoms with E-state index < -0.39 is 0 Å². The molecule has 1 N–H and O–H groups in total. The third-order valence-electron chi connectivity index (χ3n) is 6.59. The van der Waals surface area contributed by atoms with E-state index in [0.29, 0.717) is 12.5 Å². The van der Waals surface area contributed by atoms with E-state index >= 15 is 0 Å². The van der Waals surface area contributed by atoms with Crippen molar-refractivity contribution in [3.05, 3.63) is 89.0 Å². The Labute approximate surface area is 173 Å². The van der Waals surface area contributed by atoms with Crippen LogP contribution in [0.25, 0.3) is 11.1 Å². The fourth-order valence-electron chi connectivity index (χ4n) is 5.28. The molecule has 1 saturated carbocycles. The molecule has 0 spiro atoms. The van der Waals surface area contributed by atoms with Crippen molar-refractivity contribution in [2.75, 3.05) is 13.2 Å². The number of hydrogen-bond donors (Lipinski definition) is 1. The minimum atomic E-state index is 0.0508. The van der Waals surface area contributed by atoms with Crippen molar-refractivity contribution >= 4 is 0 Å². The summed E-state index contributed by atoms with van der Waals surface area (Å²) in [5.74, 6) is 1.79. The van der Waals surface area contributed by atoms with Crippen molar-refractivity contribution in [3.63, 3.8) is 0 Å². The quantitative estimate of drug-likeness (QED) is 0.440. The molecule has 0 bridgehead atoms. The number of ether oxygens (including phenoxy) is 1. The highest BCUT2D eigenvalue weighted by Crippen LogP contribution is 2.49. The lowest BCUT2D eigenvalue weighted by atomic mass is 9.81. The molecule has 2 heteroatoms. The lowest BCUT2D eigenvalue weighted by molar-refractivity contribution is 0.199. The van der Waals surface area contributed by atoms with Gasteiger partial charge in [-0.25, -0.2) is 0 Å². The molecule has 0 radical (unpaired) electrons. The number of rotatable bonds is 5.